The minimum atomic E-state index is 0.396. The smallest absolute Gasteiger partial charge is 0.122 e. The third-order valence-corrected chi connectivity index (χ3v) is 3.60. The van der Waals surface area contributed by atoms with Crippen molar-refractivity contribution in [2.75, 3.05) is 13.7 Å². The topological polar surface area (TPSA) is 35.2 Å². The molecule has 1 aromatic rings. The quantitative estimate of drug-likeness (QED) is 0.870. The zero-order valence-corrected chi connectivity index (χ0v) is 11.8. The van der Waals surface area contributed by atoms with Crippen LogP contribution in [-0.4, -0.2) is 13.7 Å². The van der Waals surface area contributed by atoms with Gasteiger partial charge in [0.1, 0.15) is 5.75 Å². The maximum atomic E-state index is 6.20. The van der Waals surface area contributed by atoms with Crippen LogP contribution in [0.2, 0.25) is 5.02 Å². The Morgan fingerprint density at radius 2 is 2.00 bits per heavy atom. The van der Waals surface area contributed by atoms with Gasteiger partial charge in [-0.05, 0) is 55.0 Å². The third-order valence-electron chi connectivity index (χ3n) is 3.19. The van der Waals surface area contributed by atoms with Crippen molar-refractivity contribution < 1.29 is 4.74 Å². The third kappa shape index (κ3) is 3.36. The Bertz CT molecular complexity index is 377. The molecule has 0 amide bonds. The monoisotopic (exact) mass is 255 g/mol. The average Bonchev–Trinajstić information content (AvgIpc) is 2.29. The maximum absolute atomic E-state index is 6.20. The summed E-state index contributed by atoms with van der Waals surface area (Å²) in [4.78, 5) is 0. The zero-order valence-electron chi connectivity index (χ0n) is 11.1. The van der Waals surface area contributed by atoms with Crippen molar-refractivity contribution in [1.29, 1.82) is 0 Å². The minimum absolute atomic E-state index is 0.396. The Hall–Kier alpha value is -0.730. The van der Waals surface area contributed by atoms with Gasteiger partial charge in [-0.3, -0.25) is 0 Å². The highest BCUT2D eigenvalue weighted by atomic mass is 35.5. The number of methoxy groups -OCH3 is 1. The molecule has 0 aromatic heterocycles. The molecule has 96 valence electrons. The number of halogens is 1. The molecular formula is C14H22ClNO. The summed E-state index contributed by atoms with van der Waals surface area (Å²) in [5.74, 6) is 1.83. The predicted octanol–water partition coefficient (Wildman–Crippen LogP) is 3.75. The lowest BCUT2D eigenvalue weighted by molar-refractivity contribution is 0.390. The summed E-state index contributed by atoms with van der Waals surface area (Å²) in [7, 11) is 1.70. The van der Waals surface area contributed by atoms with Gasteiger partial charge in [-0.1, -0.05) is 25.4 Å². The molecule has 0 heterocycles. The van der Waals surface area contributed by atoms with Gasteiger partial charge in [-0.15, -0.1) is 0 Å². The van der Waals surface area contributed by atoms with E-state index in [1.165, 1.54) is 5.56 Å². The number of hydrogen-bond donors (Lipinski definition) is 1. The van der Waals surface area contributed by atoms with E-state index in [0.717, 1.165) is 22.8 Å². The average molecular weight is 256 g/mol. The van der Waals surface area contributed by atoms with Gasteiger partial charge in [0.05, 0.1) is 7.11 Å². The normalized spacial score (nSPS) is 12.9. The van der Waals surface area contributed by atoms with Gasteiger partial charge in [0.25, 0.3) is 0 Å². The standard InChI is InChI=1S/C14H22ClNO/c1-9(2)11(5-6-16)12-8-13(15)10(3)7-14(12)17-4/h7-9,11H,5-6,16H2,1-4H3. The fourth-order valence-corrected chi connectivity index (χ4v) is 2.34. The molecule has 2 N–H and O–H groups in total. The summed E-state index contributed by atoms with van der Waals surface area (Å²) in [5.41, 5.74) is 7.90. The van der Waals surface area contributed by atoms with Crippen molar-refractivity contribution in [3.05, 3.63) is 28.3 Å². The second-order valence-corrected chi connectivity index (χ2v) is 5.18. The molecule has 3 heteroatoms. The van der Waals surface area contributed by atoms with Crippen LogP contribution in [0.5, 0.6) is 5.75 Å². The predicted molar refractivity (Wildman–Crippen MR) is 74.0 cm³/mol. The summed E-state index contributed by atoms with van der Waals surface area (Å²) >= 11 is 6.20. The van der Waals surface area contributed by atoms with Gasteiger partial charge in [0.15, 0.2) is 0 Å². The van der Waals surface area contributed by atoms with Crippen molar-refractivity contribution in [3.8, 4) is 5.75 Å². The summed E-state index contributed by atoms with van der Waals surface area (Å²) in [6.07, 6.45) is 0.952. The van der Waals surface area contributed by atoms with Crippen LogP contribution in [0.15, 0.2) is 12.1 Å². The van der Waals surface area contributed by atoms with E-state index in [4.69, 9.17) is 22.1 Å². The van der Waals surface area contributed by atoms with Gasteiger partial charge >= 0.3 is 0 Å². The molecule has 0 bridgehead atoms. The maximum Gasteiger partial charge on any atom is 0.122 e. The van der Waals surface area contributed by atoms with Gasteiger partial charge in [-0.2, -0.15) is 0 Å². The molecule has 0 radical (unpaired) electrons. The number of benzene rings is 1. The molecule has 0 aliphatic carbocycles. The summed E-state index contributed by atoms with van der Waals surface area (Å²) in [5, 5.41) is 0.795. The van der Waals surface area contributed by atoms with Crippen LogP contribution in [0, 0.1) is 12.8 Å². The lowest BCUT2D eigenvalue weighted by Gasteiger charge is -2.23. The molecule has 0 saturated heterocycles. The first-order valence-electron chi connectivity index (χ1n) is 6.05. The highest BCUT2D eigenvalue weighted by molar-refractivity contribution is 6.31. The lowest BCUT2D eigenvalue weighted by atomic mass is 9.85. The summed E-state index contributed by atoms with van der Waals surface area (Å²) in [6, 6.07) is 4.03. The van der Waals surface area contributed by atoms with E-state index in [1.54, 1.807) is 7.11 Å². The number of hydrogen-bond acceptors (Lipinski definition) is 2. The van der Waals surface area contributed by atoms with Crippen molar-refractivity contribution >= 4 is 11.6 Å². The second-order valence-electron chi connectivity index (χ2n) is 4.77. The van der Waals surface area contributed by atoms with E-state index in [2.05, 4.69) is 13.8 Å². The SMILES string of the molecule is COc1cc(C)c(Cl)cc1C(CCN)C(C)C. The van der Waals surface area contributed by atoms with Gasteiger partial charge in [0, 0.05) is 5.02 Å². The van der Waals surface area contributed by atoms with E-state index >= 15 is 0 Å². The summed E-state index contributed by atoms with van der Waals surface area (Å²) in [6.45, 7) is 7.07. The molecule has 1 rings (SSSR count). The molecule has 17 heavy (non-hydrogen) atoms. The first-order chi connectivity index (χ1) is 8.01. The highest BCUT2D eigenvalue weighted by Crippen LogP contribution is 2.37. The molecule has 1 atom stereocenters. The van der Waals surface area contributed by atoms with Crippen LogP contribution in [0.25, 0.3) is 0 Å². The lowest BCUT2D eigenvalue weighted by Crippen LogP contribution is -2.13. The van der Waals surface area contributed by atoms with E-state index < -0.39 is 0 Å². The Morgan fingerprint density at radius 3 is 2.47 bits per heavy atom. The number of ether oxygens (including phenoxy) is 1. The fraction of sp³-hybridized carbons (Fsp3) is 0.571. The largest absolute Gasteiger partial charge is 0.496 e. The number of rotatable bonds is 5. The van der Waals surface area contributed by atoms with E-state index in [9.17, 15) is 0 Å². The summed E-state index contributed by atoms with van der Waals surface area (Å²) < 4.78 is 5.46. The van der Waals surface area contributed by atoms with Crippen molar-refractivity contribution in [1.82, 2.24) is 0 Å². The first-order valence-corrected chi connectivity index (χ1v) is 6.43. The van der Waals surface area contributed by atoms with E-state index in [1.807, 2.05) is 19.1 Å². The number of aryl methyl sites for hydroxylation is 1. The molecule has 1 aromatic carbocycles. The molecule has 0 aliphatic rings. The van der Waals surface area contributed by atoms with Crippen molar-refractivity contribution in [3.63, 3.8) is 0 Å². The second kappa shape index (κ2) is 6.27. The Kier molecular flexibility index (Phi) is 5.29. The molecular weight excluding hydrogens is 234 g/mol. The van der Waals surface area contributed by atoms with Crippen LogP contribution in [0.3, 0.4) is 0 Å². The first kappa shape index (κ1) is 14.3. The van der Waals surface area contributed by atoms with Crippen molar-refractivity contribution in [2.24, 2.45) is 11.7 Å². The Labute approximate surface area is 109 Å². The molecule has 0 aliphatic heterocycles. The van der Waals surface area contributed by atoms with Crippen LogP contribution >= 0.6 is 11.6 Å². The van der Waals surface area contributed by atoms with E-state index in [0.29, 0.717) is 18.4 Å². The number of nitrogens with two attached hydrogens (primary N) is 1. The van der Waals surface area contributed by atoms with Crippen LogP contribution in [-0.2, 0) is 0 Å². The van der Waals surface area contributed by atoms with Crippen LogP contribution in [0.1, 0.15) is 37.3 Å². The highest BCUT2D eigenvalue weighted by Gasteiger charge is 2.20. The molecule has 2 nitrogen and oxygen atoms in total. The van der Waals surface area contributed by atoms with Gasteiger partial charge in [0.2, 0.25) is 0 Å². The Morgan fingerprint density at radius 1 is 1.35 bits per heavy atom. The molecule has 0 saturated carbocycles. The molecule has 0 spiro atoms. The van der Waals surface area contributed by atoms with Crippen molar-refractivity contribution in [2.45, 2.75) is 33.1 Å². The minimum Gasteiger partial charge on any atom is -0.496 e. The van der Waals surface area contributed by atoms with Crippen LogP contribution in [0.4, 0.5) is 0 Å². The Balaban J connectivity index is 3.21. The van der Waals surface area contributed by atoms with E-state index in [-0.39, 0.29) is 0 Å². The van der Waals surface area contributed by atoms with Gasteiger partial charge in [-0.25, -0.2) is 0 Å². The zero-order chi connectivity index (χ0) is 13.0. The molecule has 0 fully saturated rings. The molecule has 1 unspecified atom stereocenters. The van der Waals surface area contributed by atoms with Crippen LogP contribution < -0.4 is 10.5 Å². The fourth-order valence-electron chi connectivity index (χ4n) is 2.16. The van der Waals surface area contributed by atoms with Gasteiger partial charge < -0.3 is 10.5 Å².